The number of hydrogen-bond donors (Lipinski definition) is 2. The molecule has 3 heteroatoms. The number of amides is 1. The number of carbonyl (C=O) groups is 1. The van der Waals surface area contributed by atoms with Crippen molar-refractivity contribution in [2.45, 2.75) is 27.7 Å². The summed E-state index contributed by atoms with van der Waals surface area (Å²) in [6.45, 7) is 14.9. The van der Waals surface area contributed by atoms with Crippen molar-refractivity contribution in [3.05, 3.63) is 37.1 Å². The fourth-order valence-corrected chi connectivity index (χ4v) is 0.540. The molecule has 2 nitrogen and oxygen atoms in total. The molecule has 0 radical (unpaired) electrons. The first kappa shape index (κ1) is 18.8. The van der Waals surface area contributed by atoms with Crippen LogP contribution in [-0.4, -0.2) is 5.24 Å². The van der Waals surface area contributed by atoms with Crippen molar-refractivity contribution in [1.82, 2.24) is 5.32 Å². The lowest BCUT2D eigenvalue weighted by molar-refractivity contribution is 0.263. The summed E-state index contributed by atoms with van der Waals surface area (Å²) in [6.07, 6.45) is 4.69. The van der Waals surface area contributed by atoms with E-state index in [1.54, 1.807) is 12.2 Å². The summed E-state index contributed by atoms with van der Waals surface area (Å²) in [5, 5.41) is 2.02. The first-order valence-corrected chi connectivity index (χ1v) is 5.10. The molecule has 0 fully saturated rings. The van der Waals surface area contributed by atoms with Crippen molar-refractivity contribution in [2.24, 2.45) is 0 Å². The molecule has 0 spiro atoms. The Hall–Kier alpha value is -0.960. The van der Waals surface area contributed by atoms with E-state index in [0.717, 1.165) is 0 Å². The van der Waals surface area contributed by atoms with Crippen LogP contribution in [0.5, 0.6) is 0 Å². The van der Waals surface area contributed by atoms with E-state index in [-0.39, 0.29) is 0 Å². The summed E-state index contributed by atoms with van der Waals surface area (Å²) in [5.41, 5.74) is 0.593. The highest BCUT2D eigenvalue weighted by Gasteiger charge is 1.91. The summed E-state index contributed by atoms with van der Waals surface area (Å²) in [5.74, 6) is 0. The van der Waals surface area contributed by atoms with Crippen molar-refractivity contribution in [1.29, 1.82) is 0 Å². The molecule has 0 aromatic rings. The van der Waals surface area contributed by atoms with Crippen LogP contribution in [-0.2, 0) is 0 Å². The lowest BCUT2D eigenvalue weighted by Crippen LogP contribution is -2.13. The van der Waals surface area contributed by atoms with E-state index in [0.29, 0.717) is 5.70 Å². The fourth-order valence-electron chi connectivity index (χ4n) is 0.411. The first-order chi connectivity index (χ1) is 6.70. The van der Waals surface area contributed by atoms with Gasteiger partial charge >= 0.3 is 0 Å². The van der Waals surface area contributed by atoms with Gasteiger partial charge in [0.2, 0.25) is 0 Å². The highest BCUT2D eigenvalue weighted by atomic mass is 32.1. The quantitative estimate of drug-likeness (QED) is 0.542. The second-order valence-electron chi connectivity index (χ2n) is 1.49. The molecule has 0 aliphatic rings. The Labute approximate surface area is 93.2 Å². The van der Waals surface area contributed by atoms with Crippen molar-refractivity contribution in [3.8, 4) is 0 Å². The van der Waals surface area contributed by atoms with E-state index >= 15 is 0 Å². The molecule has 0 aromatic heterocycles. The maximum atomic E-state index is 10.3. The van der Waals surface area contributed by atoms with Gasteiger partial charge < -0.3 is 5.32 Å². The molecule has 0 rings (SSSR count). The van der Waals surface area contributed by atoms with E-state index in [4.69, 9.17) is 0 Å². The van der Waals surface area contributed by atoms with Crippen molar-refractivity contribution in [2.75, 3.05) is 0 Å². The number of allylic oxidation sites excluding steroid dienone is 3. The first-order valence-electron chi connectivity index (χ1n) is 4.65. The second kappa shape index (κ2) is 18.0. The van der Waals surface area contributed by atoms with Crippen molar-refractivity contribution in [3.63, 3.8) is 0 Å². The molecule has 0 bridgehead atoms. The number of carbonyl (C=O) groups excluding carboxylic acids is 1. The molecule has 0 aliphatic carbocycles. The average Bonchev–Trinajstić information content (AvgIpc) is 2.22. The second-order valence-corrected chi connectivity index (χ2v) is 1.90. The Balaban J connectivity index is -0.000000266. The monoisotopic (exact) mass is 215 g/mol. The van der Waals surface area contributed by atoms with Gasteiger partial charge in [-0.15, -0.1) is 0 Å². The van der Waals surface area contributed by atoms with Crippen LogP contribution in [0.1, 0.15) is 27.7 Å². The lowest BCUT2D eigenvalue weighted by atomic mass is 10.4. The molecule has 0 atom stereocenters. The van der Waals surface area contributed by atoms with Crippen molar-refractivity contribution < 1.29 is 4.79 Å². The maximum Gasteiger partial charge on any atom is 0.280 e. The minimum Gasteiger partial charge on any atom is -0.317 e. The van der Waals surface area contributed by atoms with E-state index in [9.17, 15) is 4.79 Å². The molecule has 1 N–H and O–H groups in total. The third-order valence-electron chi connectivity index (χ3n) is 0.769. The summed E-state index contributed by atoms with van der Waals surface area (Å²) in [4.78, 5) is 10.3. The van der Waals surface area contributed by atoms with E-state index in [1.807, 2.05) is 27.7 Å². The third-order valence-corrected chi connectivity index (χ3v) is 0.880. The van der Waals surface area contributed by atoms with Gasteiger partial charge in [0.1, 0.15) is 0 Å². The van der Waals surface area contributed by atoms with Crippen molar-refractivity contribution >= 4 is 17.9 Å². The van der Waals surface area contributed by atoms with Crippen LogP contribution >= 0.6 is 12.6 Å². The molecule has 0 saturated carbocycles. The van der Waals surface area contributed by atoms with Gasteiger partial charge in [-0.25, -0.2) is 0 Å². The van der Waals surface area contributed by atoms with Crippen LogP contribution in [0.4, 0.5) is 4.79 Å². The molecular formula is C11H21NOS. The summed E-state index contributed by atoms with van der Waals surface area (Å²) in [6, 6.07) is 0. The normalized spacial score (nSPS) is 8.21. The highest BCUT2D eigenvalue weighted by molar-refractivity contribution is 7.96. The molecular weight excluding hydrogens is 194 g/mol. The van der Waals surface area contributed by atoms with Gasteiger partial charge in [0.15, 0.2) is 0 Å². The zero-order valence-corrected chi connectivity index (χ0v) is 10.4. The Morgan fingerprint density at radius 2 is 1.64 bits per heavy atom. The van der Waals surface area contributed by atoms with Gasteiger partial charge in [-0.1, -0.05) is 59.6 Å². The molecule has 0 aromatic carbocycles. The number of nitrogens with one attached hydrogen (secondary N) is 1. The summed E-state index contributed by atoms with van der Waals surface area (Å²) >= 11 is 3.51. The van der Waals surface area contributed by atoms with Gasteiger partial charge in [0.05, 0.1) is 0 Å². The summed E-state index contributed by atoms with van der Waals surface area (Å²) in [7, 11) is 0. The molecule has 0 heterocycles. The van der Waals surface area contributed by atoms with Gasteiger partial charge in [-0.3, -0.25) is 4.79 Å². The standard InChI is InChI=1S/C7H9NOS.2C2H6/c1-3-5-6(4-2)8-7(9)10;2*1-2/h3-5H,1-2H2,(H2,8,9,10);2*1-2H3/b6-5+;;. The smallest absolute Gasteiger partial charge is 0.280 e. The Kier molecular flexibility index (Phi) is 24.1. The minimum atomic E-state index is -0.409. The van der Waals surface area contributed by atoms with Gasteiger partial charge in [-0.05, 0) is 12.2 Å². The number of rotatable bonds is 3. The Morgan fingerprint density at radius 3 is 1.86 bits per heavy atom. The van der Waals surface area contributed by atoms with Crippen LogP contribution in [0.15, 0.2) is 37.1 Å². The van der Waals surface area contributed by atoms with Crippen LogP contribution in [0.2, 0.25) is 0 Å². The van der Waals surface area contributed by atoms with Crippen LogP contribution in [0.25, 0.3) is 0 Å². The fraction of sp³-hybridized carbons (Fsp3) is 0.364. The molecule has 0 unspecified atom stereocenters. The molecule has 14 heavy (non-hydrogen) atoms. The molecule has 0 saturated heterocycles. The van der Waals surface area contributed by atoms with E-state index < -0.39 is 5.24 Å². The van der Waals surface area contributed by atoms with E-state index in [2.05, 4.69) is 31.1 Å². The minimum absolute atomic E-state index is 0.409. The van der Waals surface area contributed by atoms with Crippen LogP contribution in [0, 0.1) is 0 Å². The van der Waals surface area contributed by atoms with E-state index in [1.165, 1.54) is 6.08 Å². The van der Waals surface area contributed by atoms with Gasteiger partial charge in [-0.2, -0.15) is 0 Å². The zero-order chi connectivity index (χ0) is 12.0. The lowest BCUT2D eigenvalue weighted by Gasteiger charge is -1.97. The highest BCUT2D eigenvalue weighted by Crippen LogP contribution is 1.91. The third kappa shape index (κ3) is 17.2. The maximum absolute atomic E-state index is 10.3. The number of thiol groups is 1. The summed E-state index contributed by atoms with van der Waals surface area (Å²) < 4.78 is 0. The predicted molar refractivity (Wildman–Crippen MR) is 68.7 cm³/mol. The average molecular weight is 215 g/mol. The Bertz CT molecular complexity index is 186. The van der Waals surface area contributed by atoms with Gasteiger partial charge in [0.25, 0.3) is 5.24 Å². The largest absolute Gasteiger partial charge is 0.317 e. The molecule has 82 valence electrons. The number of hydrogen-bond acceptors (Lipinski definition) is 1. The van der Waals surface area contributed by atoms with Crippen LogP contribution < -0.4 is 5.32 Å². The SMILES string of the molecule is C=C/C=C(\C=C)NC(=O)S.CC.CC. The van der Waals surface area contributed by atoms with Gasteiger partial charge in [0, 0.05) is 5.70 Å². The predicted octanol–water partition coefficient (Wildman–Crippen LogP) is 3.93. The van der Waals surface area contributed by atoms with Crippen LogP contribution in [0.3, 0.4) is 0 Å². The molecule has 0 aliphatic heterocycles. The topological polar surface area (TPSA) is 29.1 Å². The zero-order valence-electron chi connectivity index (χ0n) is 9.50. The molecule has 1 amide bonds. The Morgan fingerprint density at radius 1 is 1.21 bits per heavy atom.